The van der Waals surface area contributed by atoms with E-state index in [1.807, 2.05) is 13.8 Å². The van der Waals surface area contributed by atoms with Crippen molar-refractivity contribution in [2.45, 2.75) is 52.1 Å². The van der Waals surface area contributed by atoms with Crippen LogP contribution in [0.2, 0.25) is 0 Å². The molecule has 0 aromatic carbocycles. The lowest BCUT2D eigenvalue weighted by Crippen LogP contribution is -2.14. The molecule has 0 bridgehead atoms. The Balaban J connectivity index is 3.21. The fraction of sp³-hybridized carbons (Fsp3) is 0.900. The number of aliphatic hydroxyl groups excluding tert-OH is 1. The van der Waals surface area contributed by atoms with E-state index in [2.05, 4.69) is 0 Å². The summed E-state index contributed by atoms with van der Waals surface area (Å²) >= 11 is 0. The van der Waals surface area contributed by atoms with Crippen molar-refractivity contribution in [3.05, 3.63) is 0 Å². The quantitative estimate of drug-likeness (QED) is 0.601. The van der Waals surface area contributed by atoms with E-state index in [4.69, 9.17) is 5.11 Å². The average Bonchev–Trinajstić information content (AvgIpc) is 2.02. The zero-order valence-corrected chi connectivity index (χ0v) is 8.49. The molecule has 0 saturated carbocycles. The van der Waals surface area contributed by atoms with Gasteiger partial charge in [-0.15, -0.1) is 0 Å². The van der Waals surface area contributed by atoms with Crippen LogP contribution in [0.25, 0.3) is 0 Å². The number of hydrogen-bond donors (Lipinski definition) is 2. The van der Waals surface area contributed by atoms with Crippen LogP contribution in [-0.2, 0) is 4.79 Å². The molecular formula is C10H20O3. The summed E-state index contributed by atoms with van der Waals surface area (Å²) < 4.78 is 0. The van der Waals surface area contributed by atoms with Crippen molar-refractivity contribution in [3.8, 4) is 0 Å². The molecule has 0 radical (unpaired) electrons. The highest BCUT2D eigenvalue weighted by Gasteiger charge is 2.07. The van der Waals surface area contributed by atoms with E-state index < -0.39 is 5.97 Å². The molecule has 0 spiro atoms. The van der Waals surface area contributed by atoms with Gasteiger partial charge in [0.25, 0.3) is 0 Å². The first-order valence-corrected chi connectivity index (χ1v) is 4.94. The molecule has 0 saturated heterocycles. The Bertz CT molecular complexity index is 143. The van der Waals surface area contributed by atoms with Crippen LogP contribution in [0.4, 0.5) is 0 Å². The Hall–Kier alpha value is -0.570. The van der Waals surface area contributed by atoms with Crippen LogP contribution in [0.3, 0.4) is 0 Å². The van der Waals surface area contributed by atoms with E-state index in [1.165, 1.54) is 0 Å². The maximum absolute atomic E-state index is 10.2. The van der Waals surface area contributed by atoms with E-state index in [9.17, 15) is 9.90 Å². The molecule has 0 heterocycles. The second-order valence-corrected chi connectivity index (χ2v) is 3.80. The largest absolute Gasteiger partial charge is 0.481 e. The number of carboxylic acids is 1. The summed E-state index contributed by atoms with van der Waals surface area (Å²) in [5, 5.41) is 17.8. The molecule has 0 fully saturated rings. The minimum Gasteiger partial charge on any atom is -0.481 e. The molecule has 0 aromatic rings. The van der Waals surface area contributed by atoms with E-state index in [0.29, 0.717) is 5.92 Å². The van der Waals surface area contributed by atoms with Gasteiger partial charge < -0.3 is 10.2 Å². The van der Waals surface area contributed by atoms with E-state index in [0.717, 1.165) is 25.7 Å². The van der Waals surface area contributed by atoms with Crippen LogP contribution in [0, 0.1) is 5.92 Å². The number of unbranched alkanes of at least 4 members (excludes halogenated alkanes) is 2. The highest BCUT2D eigenvalue weighted by atomic mass is 16.4. The van der Waals surface area contributed by atoms with Crippen molar-refractivity contribution in [2.24, 2.45) is 5.92 Å². The lowest BCUT2D eigenvalue weighted by Gasteiger charge is -2.13. The van der Waals surface area contributed by atoms with Gasteiger partial charge in [0.05, 0.1) is 6.10 Å². The third-order valence-corrected chi connectivity index (χ3v) is 2.16. The van der Waals surface area contributed by atoms with Crippen molar-refractivity contribution < 1.29 is 15.0 Å². The molecule has 3 heteroatoms. The van der Waals surface area contributed by atoms with Crippen molar-refractivity contribution in [3.63, 3.8) is 0 Å². The minimum atomic E-state index is -0.732. The third kappa shape index (κ3) is 7.78. The van der Waals surface area contributed by atoms with Crippen molar-refractivity contribution in [1.29, 1.82) is 0 Å². The maximum atomic E-state index is 10.2. The Morgan fingerprint density at radius 2 is 1.85 bits per heavy atom. The van der Waals surface area contributed by atoms with E-state index in [-0.39, 0.29) is 12.5 Å². The predicted molar refractivity (Wildman–Crippen MR) is 51.6 cm³/mol. The first-order chi connectivity index (χ1) is 6.04. The number of aliphatic carboxylic acids is 1. The number of carboxylic acid groups (broad SMARTS) is 1. The number of rotatable bonds is 7. The molecule has 1 unspecified atom stereocenters. The molecule has 3 nitrogen and oxygen atoms in total. The Morgan fingerprint density at radius 3 is 2.31 bits per heavy atom. The Kier molecular flexibility index (Phi) is 6.59. The topological polar surface area (TPSA) is 57.5 Å². The van der Waals surface area contributed by atoms with Gasteiger partial charge in [-0.2, -0.15) is 0 Å². The molecule has 13 heavy (non-hydrogen) atoms. The van der Waals surface area contributed by atoms with Gasteiger partial charge in [0.1, 0.15) is 0 Å². The Labute approximate surface area is 79.8 Å². The fourth-order valence-electron chi connectivity index (χ4n) is 1.14. The molecule has 0 aliphatic rings. The predicted octanol–water partition coefficient (Wildman–Crippen LogP) is 2.04. The summed E-state index contributed by atoms with van der Waals surface area (Å²) in [6, 6.07) is 0. The van der Waals surface area contributed by atoms with Gasteiger partial charge in [-0.25, -0.2) is 0 Å². The SMILES string of the molecule is CC(C)C(O)CCCCCC(=O)O. The molecule has 0 amide bonds. The lowest BCUT2D eigenvalue weighted by molar-refractivity contribution is -0.137. The minimum absolute atomic E-state index is 0.232. The summed E-state index contributed by atoms with van der Waals surface area (Å²) in [6.07, 6.45) is 3.35. The van der Waals surface area contributed by atoms with Gasteiger partial charge >= 0.3 is 5.97 Å². The summed E-state index contributed by atoms with van der Waals surface area (Å²) in [5.74, 6) is -0.427. The second-order valence-electron chi connectivity index (χ2n) is 3.80. The highest BCUT2D eigenvalue weighted by molar-refractivity contribution is 5.66. The van der Waals surface area contributed by atoms with Gasteiger partial charge in [-0.1, -0.05) is 26.7 Å². The summed E-state index contributed by atoms with van der Waals surface area (Å²) in [6.45, 7) is 3.98. The molecule has 0 aliphatic carbocycles. The van der Waals surface area contributed by atoms with E-state index >= 15 is 0 Å². The summed E-state index contributed by atoms with van der Waals surface area (Å²) in [5.41, 5.74) is 0. The van der Waals surface area contributed by atoms with Crippen LogP contribution >= 0.6 is 0 Å². The normalized spacial score (nSPS) is 13.2. The molecular weight excluding hydrogens is 168 g/mol. The molecule has 1 atom stereocenters. The molecule has 78 valence electrons. The third-order valence-electron chi connectivity index (χ3n) is 2.16. The molecule has 0 aliphatic heterocycles. The molecule has 0 aromatic heterocycles. The monoisotopic (exact) mass is 188 g/mol. The molecule has 0 rings (SSSR count). The lowest BCUT2D eigenvalue weighted by atomic mass is 10.0. The van der Waals surface area contributed by atoms with Crippen LogP contribution in [-0.4, -0.2) is 22.3 Å². The van der Waals surface area contributed by atoms with Crippen molar-refractivity contribution in [2.75, 3.05) is 0 Å². The van der Waals surface area contributed by atoms with Gasteiger partial charge in [0.2, 0.25) is 0 Å². The Morgan fingerprint density at radius 1 is 1.23 bits per heavy atom. The zero-order chi connectivity index (χ0) is 10.3. The van der Waals surface area contributed by atoms with Crippen molar-refractivity contribution >= 4 is 5.97 Å². The molecule has 2 N–H and O–H groups in total. The summed E-state index contributed by atoms with van der Waals surface area (Å²) in [4.78, 5) is 10.2. The van der Waals surface area contributed by atoms with Gasteiger partial charge in [0.15, 0.2) is 0 Å². The smallest absolute Gasteiger partial charge is 0.303 e. The zero-order valence-electron chi connectivity index (χ0n) is 8.49. The van der Waals surface area contributed by atoms with Crippen LogP contribution < -0.4 is 0 Å². The number of hydrogen-bond acceptors (Lipinski definition) is 2. The summed E-state index contributed by atoms with van der Waals surface area (Å²) in [7, 11) is 0. The first-order valence-electron chi connectivity index (χ1n) is 4.94. The van der Waals surface area contributed by atoms with Crippen molar-refractivity contribution in [1.82, 2.24) is 0 Å². The number of carbonyl (C=O) groups is 1. The van der Waals surface area contributed by atoms with Crippen LogP contribution in [0.15, 0.2) is 0 Å². The fourth-order valence-corrected chi connectivity index (χ4v) is 1.14. The average molecular weight is 188 g/mol. The van der Waals surface area contributed by atoms with Gasteiger partial charge in [-0.3, -0.25) is 4.79 Å². The highest BCUT2D eigenvalue weighted by Crippen LogP contribution is 2.11. The first kappa shape index (κ1) is 12.4. The maximum Gasteiger partial charge on any atom is 0.303 e. The van der Waals surface area contributed by atoms with Crippen LogP contribution in [0.1, 0.15) is 46.0 Å². The van der Waals surface area contributed by atoms with Gasteiger partial charge in [-0.05, 0) is 18.8 Å². The van der Waals surface area contributed by atoms with Gasteiger partial charge in [0, 0.05) is 6.42 Å². The second kappa shape index (κ2) is 6.89. The standard InChI is InChI=1S/C10H20O3/c1-8(2)9(11)6-4-3-5-7-10(12)13/h8-9,11H,3-7H2,1-2H3,(H,12,13). The van der Waals surface area contributed by atoms with Crippen LogP contribution in [0.5, 0.6) is 0 Å². The number of aliphatic hydroxyl groups is 1. The van der Waals surface area contributed by atoms with E-state index in [1.54, 1.807) is 0 Å².